The van der Waals surface area contributed by atoms with Gasteiger partial charge in [0.1, 0.15) is 0 Å². The standard InChI is InChI=1S/C47H45N3/c1-47(2)42-22-11-9-20-34(42)36-24-25-37-35-21-10-12-23-43(35)50(46(37)45(36)47)33-19-13-18-32(26-33)44-40(28-48)38(30-14-5-3-6-15-30)27-39(41(44)29-49)31-16-7-4-8-17-31/h3,5-7,11,13-16,19,21-23,26-27,31-32,40,44H,4,8-10,12,17-18,20,24-25H2,1-2H3. The van der Waals surface area contributed by atoms with Crippen molar-refractivity contribution < 1.29 is 0 Å². The van der Waals surface area contributed by atoms with Crippen molar-refractivity contribution in [2.24, 2.45) is 29.1 Å². The first-order valence-electron chi connectivity index (χ1n) is 19.0. The highest BCUT2D eigenvalue weighted by Gasteiger charge is 2.45. The van der Waals surface area contributed by atoms with E-state index in [4.69, 9.17) is 0 Å². The van der Waals surface area contributed by atoms with Crippen molar-refractivity contribution >= 4 is 29.0 Å². The third-order valence-electron chi connectivity index (χ3n) is 12.7. The van der Waals surface area contributed by atoms with Gasteiger partial charge in [-0.2, -0.15) is 10.5 Å². The van der Waals surface area contributed by atoms with Crippen molar-refractivity contribution in [3.05, 3.63) is 134 Å². The number of benzene rings is 1. The van der Waals surface area contributed by atoms with E-state index in [9.17, 15) is 10.5 Å². The van der Waals surface area contributed by atoms with Gasteiger partial charge < -0.3 is 4.57 Å². The van der Waals surface area contributed by atoms with E-state index in [1.165, 1.54) is 38.7 Å². The molecular formula is C47H45N3. The van der Waals surface area contributed by atoms with Crippen LogP contribution in [0, 0.1) is 51.7 Å². The Balaban J connectivity index is 1.23. The first-order chi connectivity index (χ1) is 24.5. The van der Waals surface area contributed by atoms with Crippen LogP contribution in [0.25, 0.3) is 29.0 Å². The van der Waals surface area contributed by atoms with Crippen LogP contribution in [0.1, 0.15) is 88.5 Å². The molecule has 0 fully saturated rings. The van der Waals surface area contributed by atoms with Crippen LogP contribution in [0.15, 0.2) is 107 Å². The lowest BCUT2D eigenvalue weighted by Gasteiger charge is -2.37. The monoisotopic (exact) mass is 651 g/mol. The quantitative estimate of drug-likeness (QED) is 0.309. The van der Waals surface area contributed by atoms with Gasteiger partial charge in [0.05, 0.1) is 23.8 Å². The molecule has 50 heavy (non-hydrogen) atoms. The topological polar surface area (TPSA) is 52.5 Å². The second-order valence-electron chi connectivity index (χ2n) is 15.7. The SMILES string of the molecule is CC1(C)C2=C(CCC=C2)C2=C1c1c(c3c(n1C1=CC(C4C(C#N)=C(C5C=CCCC5)C=C(c5ccccc5)C4C#N)CC=C1)=CCCC=3)CC2. The van der Waals surface area contributed by atoms with Crippen LogP contribution in [0.3, 0.4) is 0 Å². The van der Waals surface area contributed by atoms with Crippen LogP contribution in [-0.4, -0.2) is 4.57 Å². The summed E-state index contributed by atoms with van der Waals surface area (Å²) in [7, 11) is 0. The molecule has 1 aromatic carbocycles. The second kappa shape index (κ2) is 12.2. The summed E-state index contributed by atoms with van der Waals surface area (Å²) < 4.78 is 2.60. The second-order valence-corrected chi connectivity index (χ2v) is 15.7. The minimum atomic E-state index is -0.407. The average Bonchev–Trinajstić information content (AvgIpc) is 3.63. The van der Waals surface area contributed by atoms with Gasteiger partial charge >= 0.3 is 0 Å². The zero-order valence-corrected chi connectivity index (χ0v) is 29.4. The van der Waals surface area contributed by atoms with Gasteiger partial charge in [0.2, 0.25) is 0 Å². The third-order valence-corrected chi connectivity index (χ3v) is 12.7. The molecule has 0 spiro atoms. The smallest absolute Gasteiger partial charge is 0.0954 e. The molecule has 0 bridgehead atoms. The van der Waals surface area contributed by atoms with E-state index in [1.807, 2.05) is 6.07 Å². The maximum atomic E-state index is 11.0. The highest BCUT2D eigenvalue weighted by atomic mass is 15.0. The number of allylic oxidation sites excluding steroid dienone is 16. The van der Waals surface area contributed by atoms with Gasteiger partial charge in [0, 0.05) is 33.9 Å². The van der Waals surface area contributed by atoms with Crippen LogP contribution in [0.2, 0.25) is 0 Å². The van der Waals surface area contributed by atoms with Gasteiger partial charge in [-0.3, -0.25) is 0 Å². The first kappa shape index (κ1) is 31.1. The lowest BCUT2D eigenvalue weighted by atomic mass is 9.65. The number of nitrogens with zero attached hydrogens (tertiary/aromatic N) is 3. The number of hydrogen-bond acceptors (Lipinski definition) is 2. The Labute approximate surface area is 296 Å². The molecule has 248 valence electrons. The Morgan fingerprint density at radius 2 is 1.74 bits per heavy atom. The fraction of sp³-hybridized carbons (Fsp3) is 0.362. The lowest BCUT2D eigenvalue weighted by molar-refractivity contribution is 0.408. The maximum Gasteiger partial charge on any atom is 0.0954 e. The molecule has 7 aliphatic rings. The highest BCUT2D eigenvalue weighted by Crippen LogP contribution is 2.57. The number of fused-ring (bicyclic) bond motifs is 5. The molecule has 1 aromatic heterocycles. The van der Waals surface area contributed by atoms with Gasteiger partial charge in [-0.15, -0.1) is 0 Å². The fourth-order valence-electron chi connectivity index (χ4n) is 10.5. The summed E-state index contributed by atoms with van der Waals surface area (Å²) in [5.41, 5.74) is 14.3. The molecule has 4 atom stereocenters. The molecule has 0 saturated carbocycles. The molecule has 7 aliphatic carbocycles. The molecule has 0 N–H and O–H groups in total. The van der Waals surface area contributed by atoms with Crippen LogP contribution in [-0.2, 0) is 6.42 Å². The number of hydrogen-bond donors (Lipinski definition) is 0. The van der Waals surface area contributed by atoms with Crippen LogP contribution < -0.4 is 10.6 Å². The third kappa shape index (κ3) is 4.67. The summed E-state index contributed by atoms with van der Waals surface area (Å²) in [6.07, 6.45) is 34.3. The molecule has 4 unspecified atom stereocenters. The summed E-state index contributed by atoms with van der Waals surface area (Å²) in [5, 5.41) is 24.7. The lowest BCUT2D eigenvalue weighted by Crippen LogP contribution is -2.33. The number of aromatic nitrogens is 1. The van der Waals surface area contributed by atoms with Gasteiger partial charge in [-0.1, -0.05) is 98.9 Å². The summed E-state index contributed by atoms with van der Waals surface area (Å²) in [4.78, 5) is 0. The zero-order chi connectivity index (χ0) is 34.0. The molecule has 0 aliphatic heterocycles. The van der Waals surface area contributed by atoms with Crippen molar-refractivity contribution in [2.75, 3.05) is 0 Å². The van der Waals surface area contributed by atoms with Crippen LogP contribution in [0.4, 0.5) is 0 Å². The molecule has 0 amide bonds. The summed E-state index contributed by atoms with van der Waals surface area (Å²) in [5.74, 6) is -0.396. The van der Waals surface area contributed by atoms with Crippen molar-refractivity contribution in [2.45, 2.75) is 78.1 Å². The van der Waals surface area contributed by atoms with Crippen molar-refractivity contribution in [3.8, 4) is 12.1 Å². The molecule has 0 saturated heterocycles. The van der Waals surface area contributed by atoms with Crippen LogP contribution in [0.5, 0.6) is 0 Å². The Kier molecular flexibility index (Phi) is 7.58. The molecule has 3 nitrogen and oxygen atoms in total. The van der Waals surface area contributed by atoms with Gasteiger partial charge in [-0.05, 0) is 126 Å². The summed E-state index contributed by atoms with van der Waals surface area (Å²) in [6, 6.07) is 15.9. The molecule has 2 aromatic rings. The van der Waals surface area contributed by atoms with Crippen molar-refractivity contribution in [3.63, 3.8) is 0 Å². The number of rotatable bonds is 4. The Morgan fingerprint density at radius 3 is 2.54 bits per heavy atom. The van der Waals surface area contributed by atoms with E-state index in [-0.39, 0.29) is 23.2 Å². The summed E-state index contributed by atoms with van der Waals surface area (Å²) >= 11 is 0. The molecule has 0 radical (unpaired) electrons. The predicted octanol–water partition coefficient (Wildman–Crippen LogP) is 9.68. The fourth-order valence-corrected chi connectivity index (χ4v) is 10.5. The summed E-state index contributed by atoms with van der Waals surface area (Å²) in [6.45, 7) is 4.88. The maximum absolute atomic E-state index is 11.0. The van der Waals surface area contributed by atoms with Crippen LogP contribution >= 0.6 is 0 Å². The van der Waals surface area contributed by atoms with Gasteiger partial charge in [0.15, 0.2) is 0 Å². The Hall–Kier alpha value is -4.86. The average molecular weight is 652 g/mol. The van der Waals surface area contributed by atoms with Gasteiger partial charge in [0.25, 0.3) is 0 Å². The number of nitriles is 2. The molecular weight excluding hydrogens is 607 g/mol. The van der Waals surface area contributed by atoms with E-state index < -0.39 is 5.92 Å². The molecule has 9 rings (SSSR count). The van der Waals surface area contributed by atoms with E-state index in [0.717, 1.165) is 86.5 Å². The first-order valence-corrected chi connectivity index (χ1v) is 19.0. The van der Waals surface area contributed by atoms with Crippen molar-refractivity contribution in [1.29, 1.82) is 10.5 Å². The minimum absolute atomic E-state index is 0.0217. The van der Waals surface area contributed by atoms with E-state index in [0.29, 0.717) is 0 Å². The zero-order valence-electron chi connectivity index (χ0n) is 29.4. The van der Waals surface area contributed by atoms with E-state index in [2.05, 4.69) is 116 Å². The van der Waals surface area contributed by atoms with E-state index in [1.54, 1.807) is 11.1 Å². The minimum Gasteiger partial charge on any atom is -0.310 e. The molecule has 1 heterocycles. The highest BCUT2D eigenvalue weighted by molar-refractivity contribution is 5.88. The van der Waals surface area contributed by atoms with Crippen molar-refractivity contribution in [1.82, 2.24) is 4.57 Å². The largest absolute Gasteiger partial charge is 0.310 e. The van der Waals surface area contributed by atoms with Gasteiger partial charge in [-0.25, -0.2) is 0 Å². The van der Waals surface area contributed by atoms with E-state index >= 15 is 0 Å². The Bertz CT molecular complexity index is 2270. The Morgan fingerprint density at radius 1 is 0.880 bits per heavy atom. The normalized spacial score (nSPS) is 27.6. The predicted molar refractivity (Wildman–Crippen MR) is 204 cm³/mol. The molecule has 3 heteroatoms.